The number of hydrogen-bond donors (Lipinski definition) is 1. The Labute approximate surface area is 159 Å². The van der Waals surface area contributed by atoms with Crippen molar-refractivity contribution in [1.82, 2.24) is 0 Å². The Morgan fingerprint density at radius 2 is 0.929 bits per heavy atom. The van der Waals surface area contributed by atoms with Crippen molar-refractivity contribution >= 4 is 51.5 Å². The number of anilines is 2. The number of non-ortho nitro benzene ring substituents is 4. The Morgan fingerprint density at radius 1 is 0.679 bits per heavy atom. The van der Waals surface area contributed by atoms with E-state index in [9.17, 15) is 40.5 Å². The van der Waals surface area contributed by atoms with Crippen LogP contribution in [-0.2, 0) is 0 Å². The molecule has 0 saturated carbocycles. The smallest absolute Gasteiger partial charge is 0.278 e. The van der Waals surface area contributed by atoms with E-state index < -0.39 is 47.6 Å². The number of nitro groups is 4. The molecule has 0 amide bonds. The van der Waals surface area contributed by atoms with E-state index in [1.807, 2.05) is 0 Å². The van der Waals surface area contributed by atoms with Crippen molar-refractivity contribution in [2.45, 2.75) is 0 Å². The van der Waals surface area contributed by atoms with Crippen LogP contribution in [0.2, 0.25) is 0 Å². The highest BCUT2D eigenvalue weighted by Gasteiger charge is 2.25. The van der Waals surface area contributed by atoms with Gasteiger partial charge in [-0.3, -0.25) is 45.4 Å². The van der Waals surface area contributed by atoms with Gasteiger partial charge in [0, 0.05) is 24.3 Å². The lowest BCUT2D eigenvalue weighted by molar-refractivity contribution is -0.394. The van der Waals surface area contributed by atoms with E-state index in [0.717, 1.165) is 29.2 Å². The zero-order chi connectivity index (χ0) is 21.2. The Morgan fingerprint density at radius 3 is 1.11 bits per heavy atom. The molecule has 0 aliphatic heterocycles. The lowest BCUT2D eigenvalue weighted by atomic mass is 10.2. The van der Waals surface area contributed by atoms with Gasteiger partial charge in [-0.15, -0.1) is 0 Å². The average molecular weight is 408 g/mol. The number of thiocarbonyl (C=S) groups is 1. The van der Waals surface area contributed by atoms with Crippen LogP contribution in [0.1, 0.15) is 0 Å². The topological polar surface area (TPSA) is 202 Å². The van der Waals surface area contributed by atoms with Crippen molar-refractivity contribution in [2.24, 2.45) is 5.73 Å². The highest BCUT2D eigenvalue weighted by atomic mass is 32.1. The maximum absolute atomic E-state index is 11.1. The molecule has 2 aromatic carbocycles. The number of rotatable bonds is 6. The number of benzene rings is 2. The molecule has 2 N–H and O–H groups in total. The predicted molar refractivity (Wildman–Crippen MR) is 98.4 cm³/mol. The molecule has 0 aliphatic carbocycles. The summed E-state index contributed by atoms with van der Waals surface area (Å²) in [7, 11) is 0. The minimum atomic E-state index is -0.899. The number of nitro benzene ring substituents is 4. The first kappa shape index (κ1) is 20.0. The molecule has 0 aromatic heterocycles. The molecule has 0 radical (unpaired) electrons. The summed E-state index contributed by atoms with van der Waals surface area (Å²) in [6.07, 6.45) is 0. The second kappa shape index (κ2) is 7.54. The van der Waals surface area contributed by atoms with Gasteiger partial charge in [-0.2, -0.15) is 0 Å². The summed E-state index contributed by atoms with van der Waals surface area (Å²) in [6.45, 7) is 0. The van der Waals surface area contributed by atoms with E-state index in [1.54, 1.807) is 0 Å². The quantitative estimate of drug-likeness (QED) is 0.418. The van der Waals surface area contributed by atoms with Crippen molar-refractivity contribution in [2.75, 3.05) is 4.90 Å². The van der Waals surface area contributed by atoms with Gasteiger partial charge in [0.05, 0.1) is 43.2 Å². The molecule has 14 nitrogen and oxygen atoms in total. The molecule has 0 atom stereocenters. The zero-order valence-electron chi connectivity index (χ0n) is 13.5. The summed E-state index contributed by atoms with van der Waals surface area (Å²) in [4.78, 5) is 41.5. The largest absolute Gasteiger partial charge is 0.376 e. The number of hydrogen-bond acceptors (Lipinski definition) is 9. The van der Waals surface area contributed by atoms with Crippen LogP contribution < -0.4 is 10.6 Å². The Hall–Kier alpha value is -4.27. The Balaban J connectivity index is 2.79. The minimum absolute atomic E-state index is 0.275. The third-order valence-electron chi connectivity index (χ3n) is 3.35. The summed E-state index contributed by atoms with van der Waals surface area (Å²) in [5, 5.41) is 43.8. The monoisotopic (exact) mass is 408 g/mol. The SMILES string of the molecule is NC(=S)N(c1cc([N+](=O)[O-])cc([N+](=O)[O-])c1)c1cc([N+](=O)[O-])cc([N+](=O)[O-])c1. The van der Waals surface area contributed by atoms with E-state index in [-0.39, 0.29) is 11.4 Å². The molecule has 2 rings (SSSR count). The lowest BCUT2D eigenvalue weighted by Gasteiger charge is -2.22. The first-order chi connectivity index (χ1) is 13.0. The summed E-state index contributed by atoms with van der Waals surface area (Å²) >= 11 is 4.84. The molecule has 0 fully saturated rings. The van der Waals surface area contributed by atoms with Gasteiger partial charge in [-0.05, 0) is 12.2 Å². The summed E-state index contributed by atoms with van der Waals surface area (Å²) in [5.41, 5.74) is 2.33. The van der Waals surface area contributed by atoms with Crippen LogP contribution in [0.25, 0.3) is 0 Å². The second-order valence-corrected chi connectivity index (χ2v) is 5.54. The summed E-state index contributed by atoms with van der Waals surface area (Å²) in [6, 6.07) is 4.93. The number of nitrogens with two attached hydrogens (primary N) is 1. The Kier molecular flexibility index (Phi) is 5.40. The van der Waals surface area contributed by atoms with Crippen LogP contribution in [-0.4, -0.2) is 24.8 Å². The molecule has 0 saturated heterocycles. The average Bonchev–Trinajstić information content (AvgIpc) is 2.60. The third-order valence-corrected chi connectivity index (χ3v) is 3.54. The highest BCUT2D eigenvalue weighted by molar-refractivity contribution is 7.80. The van der Waals surface area contributed by atoms with Gasteiger partial charge in [0.25, 0.3) is 22.7 Å². The van der Waals surface area contributed by atoms with Crippen LogP contribution in [0.5, 0.6) is 0 Å². The predicted octanol–water partition coefficient (Wildman–Crippen LogP) is 2.70. The standard InChI is InChI=1S/C13H8N6O8S/c14-13(28)15(7-1-9(16(20)21)5-10(2-7)17(22)23)8-3-11(18(24)25)6-12(4-8)19(26)27/h1-6H,(H2,14,28). The molecule has 2 aromatic rings. The normalized spacial score (nSPS) is 10.1. The molecule has 144 valence electrons. The maximum atomic E-state index is 11.1. The maximum Gasteiger partial charge on any atom is 0.278 e. The molecular weight excluding hydrogens is 400 g/mol. The van der Waals surface area contributed by atoms with E-state index in [4.69, 9.17) is 18.0 Å². The van der Waals surface area contributed by atoms with Gasteiger partial charge in [0.2, 0.25) is 0 Å². The van der Waals surface area contributed by atoms with Crippen LogP contribution in [0.3, 0.4) is 0 Å². The first-order valence-corrected chi connectivity index (χ1v) is 7.39. The molecule has 0 aliphatic rings. The van der Waals surface area contributed by atoms with Gasteiger partial charge in [0.15, 0.2) is 5.11 Å². The summed E-state index contributed by atoms with van der Waals surface area (Å²) < 4.78 is 0. The summed E-state index contributed by atoms with van der Waals surface area (Å²) in [5.74, 6) is 0. The van der Waals surface area contributed by atoms with E-state index in [1.165, 1.54) is 0 Å². The first-order valence-electron chi connectivity index (χ1n) is 6.98. The van der Waals surface area contributed by atoms with Crippen LogP contribution >= 0.6 is 12.2 Å². The molecule has 0 spiro atoms. The van der Waals surface area contributed by atoms with E-state index in [2.05, 4.69) is 0 Å². The van der Waals surface area contributed by atoms with Gasteiger partial charge < -0.3 is 5.73 Å². The van der Waals surface area contributed by atoms with Crippen molar-refractivity contribution in [1.29, 1.82) is 0 Å². The second-order valence-electron chi connectivity index (χ2n) is 5.12. The fourth-order valence-corrected chi connectivity index (χ4v) is 2.45. The molecule has 15 heteroatoms. The van der Waals surface area contributed by atoms with Crippen molar-refractivity contribution in [3.63, 3.8) is 0 Å². The molecule has 28 heavy (non-hydrogen) atoms. The van der Waals surface area contributed by atoms with Gasteiger partial charge >= 0.3 is 0 Å². The Bertz CT molecular complexity index is 902. The van der Waals surface area contributed by atoms with Crippen molar-refractivity contribution < 1.29 is 19.7 Å². The molecule has 0 bridgehead atoms. The lowest BCUT2D eigenvalue weighted by Crippen LogP contribution is -2.31. The molecule has 0 unspecified atom stereocenters. The van der Waals surface area contributed by atoms with Crippen LogP contribution in [0, 0.1) is 40.5 Å². The van der Waals surface area contributed by atoms with Crippen molar-refractivity contribution in [3.8, 4) is 0 Å². The minimum Gasteiger partial charge on any atom is -0.376 e. The van der Waals surface area contributed by atoms with Gasteiger partial charge in [-0.25, -0.2) is 0 Å². The highest BCUT2D eigenvalue weighted by Crippen LogP contribution is 2.36. The number of nitrogens with zero attached hydrogens (tertiary/aromatic N) is 5. The van der Waals surface area contributed by atoms with E-state index in [0.29, 0.717) is 12.1 Å². The molecular formula is C13H8N6O8S. The van der Waals surface area contributed by atoms with Crippen LogP contribution in [0.15, 0.2) is 36.4 Å². The van der Waals surface area contributed by atoms with Gasteiger partial charge in [0.1, 0.15) is 0 Å². The fraction of sp³-hybridized carbons (Fsp3) is 0. The van der Waals surface area contributed by atoms with E-state index >= 15 is 0 Å². The van der Waals surface area contributed by atoms with Crippen LogP contribution in [0.4, 0.5) is 34.1 Å². The molecule has 0 heterocycles. The zero-order valence-corrected chi connectivity index (χ0v) is 14.3. The van der Waals surface area contributed by atoms with Crippen molar-refractivity contribution in [3.05, 3.63) is 76.9 Å². The van der Waals surface area contributed by atoms with Gasteiger partial charge in [-0.1, -0.05) is 0 Å². The third kappa shape index (κ3) is 4.10. The fourth-order valence-electron chi connectivity index (χ4n) is 2.24.